The molecule has 0 saturated carbocycles. The molecule has 0 bridgehead atoms. The van der Waals surface area contributed by atoms with Gasteiger partial charge in [-0.15, -0.1) is 0 Å². The van der Waals surface area contributed by atoms with E-state index in [9.17, 15) is 26.0 Å². The maximum absolute atomic E-state index is 13.1. The normalized spacial score (nSPS) is 12.4. The van der Waals surface area contributed by atoms with Gasteiger partial charge in [-0.3, -0.25) is 0 Å². The quantitative estimate of drug-likeness (QED) is 0.328. The molecule has 160 valence electrons. The minimum atomic E-state index is -4.42. The Morgan fingerprint density at radius 1 is 1.00 bits per heavy atom. The number of alkyl halides is 3. The topological polar surface area (TPSA) is 47.0 Å². The fourth-order valence-electron chi connectivity index (χ4n) is 3.43. The van der Waals surface area contributed by atoms with Crippen LogP contribution in [-0.4, -0.2) is 13.4 Å². The van der Waals surface area contributed by atoms with Crippen molar-refractivity contribution in [3.8, 4) is 11.1 Å². The van der Waals surface area contributed by atoms with Gasteiger partial charge in [-0.1, -0.05) is 41.7 Å². The second-order valence-corrected chi connectivity index (χ2v) is 10.1. The van der Waals surface area contributed by atoms with Gasteiger partial charge < -0.3 is 0 Å². The molecule has 3 aromatic carbocycles. The van der Waals surface area contributed by atoms with Crippen molar-refractivity contribution in [3.05, 3.63) is 82.1 Å². The Hall–Kier alpha value is -2.78. The summed E-state index contributed by atoms with van der Waals surface area (Å²) < 4.78 is 77.6. The SMILES string of the molecule is Cc1cc(C(F)(F)F)ccc1-c1cccc2cc(S(=O)(=O)Cc3ncc(F)s3)ccc12. The first kappa shape index (κ1) is 21.5. The molecule has 31 heavy (non-hydrogen) atoms. The first-order valence-corrected chi connectivity index (χ1v) is 11.6. The van der Waals surface area contributed by atoms with E-state index in [2.05, 4.69) is 4.98 Å². The van der Waals surface area contributed by atoms with E-state index in [4.69, 9.17) is 0 Å². The van der Waals surface area contributed by atoms with Crippen LogP contribution in [-0.2, 0) is 21.8 Å². The summed E-state index contributed by atoms with van der Waals surface area (Å²) in [5.41, 5.74) is 1.08. The zero-order chi connectivity index (χ0) is 22.4. The number of rotatable bonds is 4. The molecule has 0 saturated heterocycles. The molecule has 0 atom stereocenters. The second-order valence-electron chi connectivity index (χ2n) is 7.03. The van der Waals surface area contributed by atoms with E-state index in [1.54, 1.807) is 31.2 Å². The summed E-state index contributed by atoms with van der Waals surface area (Å²) in [7, 11) is -3.74. The molecule has 9 heteroatoms. The maximum Gasteiger partial charge on any atom is 0.416 e. The molecule has 0 aliphatic carbocycles. The fraction of sp³-hybridized carbons (Fsp3) is 0.136. The lowest BCUT2D eigenvalue weighted by atomic mass is 9.94. The first-order chi connectivity index (χ1) is 14.5. The number of fused-ring (bicyclic) bond motifs is 1. The first-order valence-electron chi connectivity index (χ1n) is 9.08. The van der Waals surface area contributed by atoms with Crippen molar-refractivity contribution >= 4 is 31.9 Å². The minimum Gasteiger partial charge on any atom is -0.245 e. The van der Waals surface area contributed by atoms with Gasteiger partial charge in [-0.25, -0.2) is 13.4 Å². The Labute approximate surface area is 179 Å². The van der Waals surface area contributed by atoms with Gasteiger partial charge in [0, 0.05) is 0 Å². The molecule has 0 spiro atoms. The smallest absolute Gasteiger partial charge is 0.245 e. The molecule has 0 fully saturated rings. The Morgan fingerprint density at radius 2 is 1.77 bits per heavy atom. The van der Waals surface area contributed by atoms with Crippen LogP contribution >= 0.6 is 11.3 Å². The van der Waals surface area contributed by atoms with Crippen LogP contribution in [0.4, 0.5) is 17.6 Å². The van der Waals surface area contributed by atoms with Crippen LogP contribution in [0.1, 0.15) is 16.1 Å². The molecule has 0 radical (unpaired) electrons. The lowest BCUT2D eigenvalue weighted by Gasteiger charge is -2.14. The highest BCUT2D eigenvalue weighted by molar-refractivity contribution is 7.90. The average molecular weight is 465 g/mol. The fourth-order valence-corrected chi connectivity index (χ4v) is 5.72. The minimum absolute atomic E-state index is 0.0666. The molecule has 0 aliphatic heterocycles. The van der Waals surface area contributed by atoms with Crippen molar-refractivity contribution < 1.29 is 26.0 Å². The van der Waals surface area contributed by atoms with Crippen LogP contribution in [0.15, 0.2) is 65.7 Å². The maximum atomic E-state index is 13.1. The summed E-state index contributed by atoms with van der Waals surface area (Å²) in [4.78, 5) is 3.83. The van der Waals surface area contributed by atoms with Crippen molar-refractivity contribution in [2.24, 2.45) is 0 Å². The largest absolute Gasteiger partial charge is 0.416 e. The van der Waals surface area contributed by atoms with Gasteiger partial charge in [0.25, 0.3) is 0 Å². The second kappa shape index (κ2) is 7.72. The molecule has 0 unspecified atom stereocenters. The van der Waals surface area contributed by atoms with Crippen molar-refractivity contribution in [1.29, 1.82) is 0 Å². The Balaban J connectivity index is 1.76. The zero-order valence-corrected chi connectivity index (χ0v) is 17.7. The molecule has 3 nitrogen and oxygen atoms in total. The number of nitrogens with zero attached hydrogens (tertiary/aromatic N) is 1. The van der Waals surface area contributed by atoms with Crippen LogP contribution in [0, 0.1) is 12.1 Å². The number of aromatic nitrogens is 1. The molecule has 0 amide bonds. The molecule has 1 heterocycles. The molecular weight excluding hydrogens is 450 g/mol. The average Bonchev–Trinajstić information content (AvgIpc) is 3.10. The summed E-state index contributed by atoms with van der Waals surface area (Å²) in [5.74, 6) is -0.412. The van der Waals surface area contributed by atoms with Crippen LogP contribution in [0.3, 0.4) is 0 Å². The molecule has 1 aromatic heterocycles. The summed E-state index contributed by atoms with van der Waals surface area (Å²) >= 11 is 0.680. The van der Waals surface area contributed by atoms with Crippen LogP contribution < -0.4 is 0 Å². The third-order valence-electron chi connectivity index (χ3n) is 4.89. The number of thiazole rings is 1. The van der Waals surface area contributed by atoms with Gasteiger partial charge in [0.1, 0.15) is 10.8 Å². The van der Waals surface area contributed by atoms with E-state index >= 15 is 0 Å². The third kappa shape index (κ3) is 4.33. The van der Waals surface area contributed by atoms with Gasteiger partial charge in [0.05, 0.1) is 16.7 Å². The number of benzene rings is 3. The standard InChI is InChI=1S/C22H15F4NO2S2/c1-13-9-15(22(24,25)26)5-7-17(13)19-4-2-3-14-10-16(6-8-18(14)19)31(28,29)12-21-27-11-20(23)30-21/h2-11H,12H2,1H3. The number of aryl methyl sites for hydroxylation is 1. The predicted molar refractivity (Wildman–Crippen MR) is 112 cm³/mol. The molecule has 0 aliphatic rings. The van der Waals surface area contributed by atoms with Crippen molar-refractivity contribution in [2.75, 3.05) is 0 Å². The highest BCUT2D eigenvalue weighted by Gasteiger charge is 2.30. The van der Waals surface area contributed by atoms with E-state index in [1.807, 2.05) is 0 Å². The van der Waals surface area contributed by atoms with Gasteiger partial charge in [-0.05, 0) is 58.7 Å². The van der Waals surface area contributed by atoms with E-state index in [1.165, 1.54) is 18.2 Å². The lowest BCUT2D eigenvalue weighted by molar-refractivity contribution is -0.137. The molecule has 4 aromatic rings. The van der Waals surface area contributed by atoms with Gasteiger partial charge in [0.2, 0.25) is 0 Å². The van der Waals surface area contributed by atoms with E-state index < -0.39 is 32.5 Å². The summed E-state index contributed by atoms with van der Waals surface area (Å²) in [6.07, 6.45) is -3.44. The highest BCUT2D eigenvalue weighted by atomic mass is 32.2. The van der Waals surface area contributed by atoms with Crippen molar-refractivity contribution in [2.45, 2.75) is 23.7 Å². The molecular formula is C22H15F4NO2S2. The number of hydrogen-bond acceptors (Lipinski definition) is 4. The van der Waals surface area contributed by atoms with Crippen molar-refractivity contribution in [1.82, 2.24) is 4.98 Å². The summed E-state index contributed by atoms with van der Waals surface area (Å²) in [6.45, 7) is 1.61. The summed E-state index contributed by atoms with van der Waals surface area (Å²) in [6, 6.07) is 13.4. The Morgan fingerprint density at radius 3 is 2.42 bits per heavy atom. The van der Waals surface area contributed by atoms with Crippen LogP contribution in [0.2, 0.25) is 0 Å². The van der Waals surface area contributed by atoms with Gasteiger partial charge in [0.15, 0.2) is 15.0 Å². The molecule has 4 rings (SSSR count). The van der Waals surface area contributed by atoms with Gasteiger partial charge in [-0.2, -0.15) is 17.6 Å². The number of sulfone groups is 1. The van der Waals surface area contributed by atoms with E-state index in [-0.39, 0.29) is 9.90 Å². The monoisotopic (exact) mass is 465 g/mol. The van der Waals surface area contributed by atoms with E-state index in [0.717, 1.165) is 18.3 Å². The summed E-state index contributed by atoms with van der Waals surface area (Å²) in [5, 5.41) is 0.944. The predicted octanol–water partition coefficient (Wildman–Crippen LogP) is 6.40. The van der Waals surface area contributed by atoms with Crippen LogP contribution in [0.5, 0.6) is 0 Å². The molecule has 0 N–H and O–H groups in total. The third-order valence-corrected chi connectivity index (χ3v) is 7.49. The van der Waals surface area contributed by atoms with E-state index in [0.29, 0.717) is 38.8 Å². The number of hydrogen-bond donors (Lipinski definition) is 0. The van der Waals surface area contributed by atoms with Crippen LogP contribution in [0.25, 0.3) is 21.9 Å². The highest BCUT2D eigenvalue weighted by Crippen LogP contribution is 2.36. The lowest BCUT2D eigenvalue weighted by Crippen LogP contribution is -2.05. The van der Waals surface area contributed by atoms with Crippen molar-refractivity contribution in [3.63, 3.8) is 0 Å². The van der Waals surface area contributed by atoms with Gasteiger partial charge >= 0.3 is 6.18 Å². The zero-order valence-electron chi connectivity index (χ0n) is 16.1. The number of halogens is 4. The Bertz CT molecular complexity index is 1390. The Kier molecular flexibility index (Phi) is 5.35.